The van der Waals surface area contributed by atoms with Gasteiger partial charge in [0, 0.05) is 41.7 Å². The Morgan fingerprint density at radius 3 is 3.11 bits per heavy atom. The van der Waals surface area contributed by atoms with Gasteiger partial charge in [0.05, 0.1) is 24.6 Å². The van der Waals surface area contributed by atoms with E-state index in [-0.39, 0.29) is 5.91 Å². The van der Waals surface area contributed by atoms with Crippen LogP contribution in [0.1, 0.15) is 27.5 Å². The molecule has 0 spiro atoms. The lowest BCUT2D eigenvalue weighted by Crippen LogP contribution is -2.42. The third kappa shape index (κ3) is 3.08. The fraction of sp³-hybridized carbons (Fsp3) is 0.350. The second-order valence-electron chi connectivity index (χ2n) is 7.13. The number of aromatic nitrogens is 3. The van der Waals surface area contributed by atoms with E-state index in [0.29, 0.717) is 24.7 Å². The molecule has 5 rings (SSSR count). The molecule has 2 aliphatic rings. The first-order valence-corrected chi connectivity index (χ1v) is 10.2. The fourth-order valence-electron chi connectivity index (χ4n) is 3.78. The number of H-pyrrole nitrogens is 1. The predicted molar refractivity (Wildman–Crippen MR) is 105 cm³/mol. The summed E-state index contributed by atoms with van der Waals surface area (Å²) in [5.41, 5.74) is 3.75. The number of piperidine rings is 1. The average molecular weight is 396 g/mol. The molecular formula is C20H20N4O3S. The van der Waals surface area contributed by atoms with E-state index < -0.39 is 6.10 Å². The Bertz CT molecular complexity index is 1010. The van der Waals surface area contributed by atoms with Crippen LogP contribution in [0.25, 0.3) is 22.4 Å². The third-order valence-corrected chi connectivity index (χ3v) is 6.32. The van der Waals surface area contributed by atoms with Crippen LogP contribution in [0.2, 0.25) is 0 Å². The van der Waals surface area contributed by atoms with E-state index in [1.165, 1.54) is 11.3 Å². The van der Waals surface area contributed by atoms with E-state index in [1.54, 1.807) is 11.1 Å². The molecule has 0 aliphatic carbocycles. The summed E-state index contributed by atoms with van der Waals surface area (Å²) in [6, 6.07) is 6.02. The van der Waals surface area contributed by atoms with Crippen molar-refractivity contribution in [2.45, 2.75) is 25.4 Å². The van der Waals surface area contributed by atoms with E-state index in [9.17, 15) is 9.90 Å². The summed E-state index contributed by atoms with van der Waals surface area (Å²) >= 11 is 1.44. The Morgan fingerprint density at radius 2 is 2.29 bits per heavy atom. The zero-order valence-electron chi connectivity index (χ0n) is 15.2. The van der Waals surface area contributed by atoms with Crippen LogP contribution in [0.15, 0.2) is 30.6 Å². The standard InChI is InChI=1S/C20H20N4O3S/c25-14-2-1-6-24(11-14)20(26)19-23-18-15-4-3-12(13-9-21-22-10-13)8-16(15)27-7-5-17(18)28-19/h3-4,8-10,14,25H,1-2,5-7,11H2,(H,21,22). The van der Waals surface area contributed by atoms with E-state index in [2.05, 4.69) is 10.2 Å². The van der Waals surface area contributed by atoms with Gasteiger partial charge in [-0.1, -0.05) is 6.07 Å². The molecule has 2 aliphatic heterocycles. The fourth-order valence-corrected chi connectivity index (χ4v) is 4.80. The number of likely N-dealkylation sites (tertiary alicyclic amines) is 1. The lowest BCUT2D eigenvalue weighted by molar-refractivity contribution is 0.0473. The first kappa shape index (κ1) is 17.4. The highest BCUT2D eigenvalue weighted by molar-refractivity contribution is 7.14. The summed E-state index contributed by atoms with van der Waals surface area (Å²) in [4.78, 5) is 20.4. The van der Waals surface area contributed by atoms with Gasteiger partial charge in [-0.3, -0.25) is 9.89 Å². The number of aliphatic hydroxyl groups excluding tert-OH is 1. The smallest absolute Gasteiger partial charge is 0.282 e. The molecule has 0 saturated carbocycles. The van der Waals surface area contributed by atoms with Gasteiger partial charge in [0.1, 0.15) is 5.75 Å². The monoisotopic (exact) mass is 396 g/mol. The quantitative estimate of drug-likeness (QED) is 0.695. The van der Waals surface area contributed by atoms with Gasteiger partial charge >= 0.3 is 0 Å². The highest BCUT2D eigenvalue weighted by atomic mass is 32.1. The highest BCUT2D eigenvalue weighted by Crippen LogP contribution is 2.39. The SMILES string of the molecule is O=C(c1nc2c(s1)CCOc1cc(-c3cn[nH]c3)ccc1-2)N1CCCC(O)C1. The van der Waals surface area contributed by atoms with Crippen LogP contribution in [0, 0.1) is 0 Å². The molecule has 1 saturated heterocycles. The van der Waals surface area contributed by atoms with Gasteiger partial charge in [-0.2, -0.15) is 5.10 Å². The number of rotatable bonds is 2. The molecule has 2 N–H and O–H groups in total. The Balaban J connectivity index is 1.49. The number of β-amino-alcohol motifs (C(OH)–C–C–N with tert-alkyl or cyclic N) is 1. The predicted octanol–water partition coefficient (Wildman–Crippen LogP) is 2.73. The number of hydrogen-bond acceptors (Lipinski definition) is 6. The summed E-state index contributed by atoms with van der Waals surface area (Å²) in [5.74, 6) is 0.685. The first-order chi connectivity index (χ1) is 13.7. The average Bonchev–Trinajstić information content (AvgIpc) is 3.35. The third-order valence-electron chi connectivity index (χ3n) is 5.22. The number of hydrogen-bond donors (Lipinski definition) is 2. The minimum Gasteiger partial charge on any atom is -0.492 e. The van der Waals surface area contributed by atoms with Crippen LogP contribution in [-0.2, 0) is 6.42 Å². The molecule has 4 heterocycles. The molecule has 1 fully saturated rings. The zero-order valence-corrected chi connectivity index (χ0v) is 16.0. The number of benzene rings is 1. The number of nitrogens with one attached hydrogen (secondary N) is 1. The Kier molecular flexibility index (Phi) is 4.37. The second-order valence-corrected chi connectivity index (χ2v) is 8.22. The molecule has 1 amide bonds. The first-order valence-electron chi connectivity index (χ1n) is 9.42. The molecule has 28 heavy (non-hydrogen) atoms. The Hall–Kier alpha value is -2.71. The summed E-state index contributed by atoms with van der Waals surface area (Å²) in [6.07, 6.45) is 5.48. The number of nitrogens with zero attached hydrogens (tertiary/aromatic N) is 3. The van der Waals surface area contributed by atoms with Crippen molar-refractivity contribution in [2.24, 2.45) is 0 Å². The Labute approximate surface area is 166 Å². The van der Waals surface area contributed by atoms with Crippen molar-refractivity contribution in [3.63, 3.8) is 0 Å². The molecule has 7 nitrogen and oxygen atoms in total. The van der Waals surface area contributed by atoms with Crippen molar-refractivity contribution in [3.8, 4) is 28.1 Å². The van der Waals surface area contributed by atoms with Crippen LogP contribution >= 0.6 is 11.3 Å². The molecule has 1 unspecified atom stereocenters. The van der Waals surface area contributed by atoms with E-state index in [1.807, 2.05) is 24.4 Å². The normalized spacial score (nSPS) is 18.8. The number of aromatic amines is 1. The van der Waals surface area contributed by atoms with Crippen molar-refractivity contribution in [1.82, 2.24) is 20.1 Å². The number of amides is 1. The Morgan fingerprint density at radius 1 is 1.36 bits per heavy atom. The second kappa shape index (κ2) is 7.03. The number of carbonyl (C=O) groups is 1. The maximum atomic E-state index is 12.9. The van der Waals surface area contributed by atoms with Gasteiger partial charge in [0.15, 0.2) is 5.01 Å². The summed E-state index contributed by atoms with van der Waals surface area (Å²) in [7, 11) is 0. The maximum absolute atomic E-state index is 12.9. The molecule has 0 bridgehead atoms. The van der Waals surface area contributed by atoms with Crippen molar-refractivity contribution in [1.29, 1.82) is 0 Å². The molecule has 1 atom stereocenters. The maximum Gasteiger partial charge on any atom is 0.282 e. The van der Waals surface area contributed by atoms with Crippen LogP contribution in [0.3, 0.4) is 0 Å². The molecule has 8 heteroatoms. The minimum absolute atomic E-state index is 0.0886. The topological polar surface area (TPSA) is 91.3 Å². The van der Waals surface area contributed by atoms with Gasteiger partial charge in [-0.15, -0.1) is 11.3 Å². The van der Waals surface area contributed by atoms with Crippen molar-refractivity contribution in [3.05, 3.63) is 40.5 Å². The summed E-state index contributed by atoms with van der Waals surface area (Å²) in [5, 5.41) is 17.2. The largest absolute Gasteiger partial charge is 0.492 e. The van der Waals surface area contributed by atoms with Gasteiger partial charge < -0.3 is 14.7 Å². The van der Waals surface area contributed by atoms with Crippen LogP contribution < -0.4 is 4.74 Å². The number of carbonyl (C=O) groups excluding carboxylic acids is 1. The number of ether oxygens (including phenoxy) is 1. The number of aliphatic hydroxyl groups is 1. The van der Waals surface area contributed by atoms with Crippen molar-refractivity contribution in [2.75, 3.05) is 19.7 Å². The molecule has 1 aromatic carbocycles. The van der Waals surface area contributed by atoms with E-state index in [4.69, 9.17) is 9.72 Å². The van der Waals surface area contributed by atoms with Crippen LogP contribution in [0.4, 0.5) is 0 Å². The van der Waals surface area contributed by atoms with Gasteiger partial charge in [-0.05, 0) is 30.5 Å². The minimum atomic E-state index is -0.439. The zero-order chi connectivity index (χ0) is 19.1. The van der Waals surface area contributed by atoms with E-state index >= 15 is 0 Å². The number of thiazole rings is 1. The molecule has 3 aromatic rings. The van der Waals surface area contributed by atoms with Crippen LogP contribution in [0.5, 0.6) is 5.75 Å². The van der Waals surface area contributed by atoms with Crippen molar-refractivity contribution < 1.29 is 14.6 Å². The van der Waals surface area contributed by atoms with E-state index in [0.717, 1.165) is 52.3 Å². The van der Waals surface area contributed by atoms with Gasteiger partial charge in [0.25, 0.3) is 5.91 Å². The number of fused-ring (bicyclic) bond motifs is 3. The molecule has 2 aromatic heterocycles. The summed E-state index contributed by atoms with van der Waals surface area (Å²) in [6.45, 7) is 1.61. The lowest BCUT2D eigenvalue weighted by Gasteiger charge is -2.29. The lowest BCUT2D eigenvalue weighted by atomic mass is 10.0. The molecular weight excluding hydrogens is 376 g/mol. The van der Waals surface area contributed by atoms with Gasteiger partial charge in [-0.25, -0.2) is 4.98 Å². The highest BCUT2D eigenvalue weighted by Gasteiger charge is 2.28. The summed E-state index contributed by atoms with van der Waals surface area (Å²) < 4.78 is 5.97. The van der Waals surface area contributed by atoms with Gasteiger partial charge in [0.2, 0.25) is 0 Å². The molecule has 144 valence electrons. The molecule has 0 radical (unpaired) electrons. The van der Waals surface area contributed by atoms with Crippen molar-refractivity contribution >= 4 is 17.2 Å². The van der Waals surface area contributed by atoms with Crippen LogP contribution in [-0.4, -0.2) is 56.9 Å².